The fraction of sp³-hybridized carbons (Fsp3) is 0.538. The first kappa shape index (κ1) is 14.5. The molecule has 0 aliphatic carbocycles. The molecule has 0 amide bonds. The molecule has 0 aliphatic rings. The van der Waals surface area contributed by atoms with Gasteiger partial charge < -0.3 is 4.74 Å². The number of esters is 1. The standard InChI is InChI=1S/C13H20N2O2Si/c1-13(2,3)12(16)17-11-10(9-14-15-11)7-8-18(4,5)6/h9H,1-6H3,(H,14,15). The Hall–Kier alpha value is -1.54. The summed E-state index contributed by atoms with van der Waals surface area (Å²) in [5.41, 5.74) is 3.30. The third-order valence-corrected chi connectivity index (χ3v) is 2.85. The smallest absolute Gasteiger partial charge is 0.318 e. The number of rotatable bonds is 1. The molecule has 98 valence electrons. The van der Waals surface area contributed by atoms with Gasteiger partial charge in [0.25, 0.3) is 5.88 Å². The first-order valence-electron chi connectivity index (χ1n) is 5.89. The molecule has 4 nitrogen and oxygen atoms in total. The third-order valence-electron chi connectivity index (χ3n) is 1.98. The summed E-state index contributed by atoms with van der Waals surface area (Å²) in [6, 6.07) is 0. The highest BCUT2D eigenvalue weighted by atomic mass is 28.3. The van der Waals surface area contributed by atoms with Crippen LogP contribution in [0.25, 0.3) is 0 Å². The van der Waals surface area contributed by atoms with Gasteiger partial charge in [-0.15, -0.1) is 10.6 Å². The van der Waals surface area contributed by atoms with Gasteiger partial charge in [0.05, 0.1) is 5.41 Å². The topological polar surface area (TPSA) is 55.0 Å². The van der Waals surface area contributed by atoms with Crippen LogP contribution in [-0.2, 0) is 4.79 Å². The molecule has 1 heterocycles. The number of aromatic nitrogens is 2. The molecule has 1 aromatic rings. The van der Waals surface area contributed by atoms with E-state index in [0.717, 1.165) is 0 Å². The van der Waals surface area contributed by atoms with E-state index in [2.05, 4.69) is 41.3 Å². The zero-order valence-corrected chi connectivity index (χ0v) is 12.8. The summed E-state index contributed by atoms with van der Waals surface area (Å²) in [5.74, 6) is 2.98. The van der Waals surface area contributed by atoms with E-state index in [1.54, 1.807) is 27.0 Å². The first-order valence-corrected chi connectivity index (χ1v) is 9.39. The van der Waals surface area contributed by atoms with Gasteiger partial charge in [-0.2, -0.15) is 0 Å². The molecule has 0 aromatic carbocycles. The Morgan fingerprint density at radius 2 is 2.00 bits per heavy atom. The Labute approximate surface area is 109 Å². The lowest BCUT2D eigenvalue weighted by Crippen LogP contribution is -2.26. The number of ether oxygens (including phenoxy) is 1. The maximum Gasteiger partial charge on any atom is 0.318 e. The number of hydrogen-bond donors (Lipinski definition) is 1. The predicted octanol–water partition coefficient (Wildman–Crippen LogP) is 2.59. The van der Waals surface area contributed by atoms with Gasteiger partial charge >= 0.3 is 5.97 Å². The third kappa shape index (κ3) is 4.38. The van der Waals surface area contributed by atoms with E-state index in [9.17, 15) is 4.79 Å². The van der Waals surface area contributed by atoms with Crippen molar-refractivity contribution in [3.8, 4) is 17.3 Å². The van der Waals surface area contributed by atoms with E-state index in [0.29, 0.717) is 5.56 Å². The Kier molecular flexibility index (Phi) is 4.02. The molecule has 18 heavy (non-hydrogen) atoms. The van der Waals surface area contributed by atoms with E-state index in [1.165, 1.54) is 0 Å². The predicted molar refractivity (Wildman–Crippen MR) is 73.9 cm³/mol. The Bertz CT molecular complexity index is 496. The molecule has 0 bridgehead atoms. The summed E-state index contributed by atoms with van der Waals surface area (Å²) in [4.78, 5) is 11.8. The molecule has 0 unspecified atom stereocenters. The number of carbonyl (C=O) groups is 1. The molecule has 1 aromatic heterocycles. The van der Waals surface area contributed by atoms with E-state index in [4.69, 9.17) is 4.74 Å². The van der Waals surface area contributed by atoms with Crippen molar-refractivity contribution < 1.29 is 9.53 Å². The minimum atomic E-state index is -1.46. The van der Waals surface area contributed by atoms with Gasteiger partial charge in [0.15, 0.2) is 0 Å². The minimum Gasteiger partial charge on any atom is -0.404 e. The van der Waals surface area contributed by atoms with Crippen molar-refractivity contribution in [2.45, 2.75) is 40.4 Å². The van der Waals surface area contributed by atoms with Crippen molar-refractivity contribution in [1.82, 2.24) is 10.2 Å². The maximum atomic E-state index is 11.8. The second-order valence-electron chi connectivity index (χ2n) is 6.24. The number of nitrogens with one attached hydrogen (secondary N) is 1. The van der Waals surface area contributed by atoms with Crippen molar-refractivity contribution in [2.24, 2.45) is 5.41 Å². The fourth-order valence-electron chi connectivity index (χ4n) is 0.940. The molecule has 0 fully saturated rings. The van der Waals surface area contributed by atoms with Gasteiger partial charge in [0.2, 0.25) is 0 Å². The van der Waals surface area contributed by atoms with E-state index in [-0.39, 0.29) is 11.8 Å². The maximum absolute atomic E-state index is 11.8. The molecule has 0 spiro atoms. The van der Waals surface area contributed by atoms with Crippen molar-refractivity contribution in [3.05, 3.63) is 11.8 Å². The van der Waals surface area contributed by atoms with Gasteiger partial charge in [0.1, 0.15) is 13.6 Å². The second kappa shape index (κ2) is 4.98. The zero-order valence-electron chi connectivity index (χ0n) is 11.8. The van der Waals surface area contributed by atoms with Crippen LogP contribution in [0, 0.1) is 16.9 Å². The number of carbonyl (C=O) groups excluding carboxylic acids is 1. The van der Waals surface area contributed by atoms with Crippen molar-refractivity contribution in [2.75, 3.05) is 0 Å². The molecule has 0 radical (unpaired) electrons. The molecule has 0 saturated carbocycles. The molecular formula is C13H20N2O2Si. The minimum absolute atomic E-state index is 0.265. The molecule has 1 N–H and O–H groups in total. The number of nitrogens with zero attached hydrogens (tertiary/aromatic N) is 1. The lowest BCUT2D eigenvalue weighted by Gasteiger charge is -2.14. The molecule has 0 aliphatic heterocycles. The average molecular weight is 264 g/mol. The second-order valence-corrected chi connectivity index (χ2v) is 11.0. The number of hydrogen-bond acceptors (Lipinski definition) is 3. The number of H-pyrrole nitrogens is 1. The van der Waals surface area contributed by atoms with Crippen LogP contribution in [0.3, 0.4) is 0 Å². The van der Waals surface area contributed by atoms with E-state index >= 15 is 0 Å². The molecule has 1 rings (SSSR count). The molecule has 5 heteroatoms. The van der Waals surface area contributed by atoms with Crippen LogP contribution < -0.4 is 4.74 Å². The van der Waals surface area contributed by atoms with Crippen LogP contribution >= 0.6 is 0 Å². The summed E-state index contributed by atoms with van der Waals surface area (Å²) < 4.78 is 5.25. The summed E-state index contributed by atoms with van der Waals surface area (Å²) >= 11 is 0. The van der Waals surface area contributed by atoms with Crippen LogP contribution in [0.5, 0.6) is 5.88 Å². The zero-order chi connectivity index (χ0) is 14.0. The van der Waals surface area contributed by atoms with Gasteiger partial charge in [-0.25, -0.2) is 0 Å². The largest absolute Gasteiger partial charge is 0.404 e. The first-order chi connectivity index (χ1) is 8.09. The molecule has 0 saturated heterocycles. The lowest BCUT2D eigenvalue weighted by atomic mass is 9.97. The Balaban J connectivity index is 2.90. The molecule has 0 atom stereocenters. The van der Waals surface area contributed by atoms with Crippen LogP contribution in [0.4, 0.5) is 0 Å². The fourth-order valence-corrected chi connectivity index (χ4v) is 1.45. The van der Waals surface area contributed by atoms with Crippen LogP contribution in [-0.4, -0.2) is 24.2 Å². The Morgan fingerprint density at radius 1 is 1.39 bits per heavy atom. The van der Waals surface area contributed by atoms with Crippen LogP contribution in [0.2, 0.25) is 19.6 Å². The van der Waals surface area contributed by atoms with E-state index < -0.39 is 13.5 Å². The Morgan fingerprint density at radius 3 is 2.50 bits per heavy atom. The van der Waals surface area contributed by atoms with Crippen LogP contribution in [0.1, 0.15) is 26.3 Å². The highest BCUT2D eigenvalue weighted by Crippen LogP contribution is 2.20. The van der Waals surface area contributed by atoms with Crippen LogP contribution in [0.15, 0.2) is 6.20 Å². The van der Waals surface area contributed by atoms with E-state index in [1.807, 2.05) is 0 Å². The summed E-state index contributed by atoms with van der Waals surface area (Å²) in [6.45, 7) is 11.9. The van der Waals surface area contributed by atoms with Crippen molar-refractivity contribution >= 4 is 14.0 Å². The molecular weight excluding hydrogens is 244 g/mol. The van der Waals surface area contributed by atoms with Gasteiger partial charge in [-0.1, -0.05) is 25.6 Å². The average Bonchev–Trinajstić information content (AvgIpc) is 2.59. The summed E-state index contributed by atoms with van der Waals surface area (Å²) in [6.07, 6.45) is 1.65. The lowest BCUT2D eigenvalue weighted by molar-refractivity contribution is -0.143. The number of aromatic amines is 1. The van der Waals surface area contributed by atoms with Gasteiger partial charge in [-0.05, 0) is 20.8 Å². The SMILES string of the molecule is CC(C)(C)C(=O)Oc1n[nH]cc1C#C[Si](C)(C)C. The monoisotopic (exact) mass is 264 g/mol. The highest BCUT2D eigenvalue weighted by Gasteiger charge is 2.25. The van der Waals surface area contributed by atoms with Crippen molar-refractivity contribution in [1.29, 1.82) is 0 Å². The van der Waals surface area contributed by atoms with Gasteiger partial charge in [-0.3, -0.25) is 9.89 Å². The summed E-state index contributed by atoms with van der Waals surface area (Å²) in [7, 11) is -1.46. The van der Waals surface area contributed by atoms with Gasteiger partial charge in [0, 0.05) is 6.20 Å². The highest BCUT2D eigenvalue weighted by molar-refractivity contribution is 6.83. The van der Waals surface area contributed by atoms with Crippen molar-refractivity contribution in [3.63, 3.8) is 0 Å². The quantitative estimate of drug-likeness (QED) is 0.482. The normalized spacial score (nSPS) is 11.7. The summed E-state index contributed by atoms with van der Waals surface area (Å²) in [5, 5.41) is 6.59.